The minimum atomic E-state index is -0.521. The van der Waals surface area contributed by atoms with Gasteiger partial charge in [0.2, 0.25) is 0 Å². The number of benzene rings is 1. The highest BCUT2D eigenvalue weighted by molar-refractivity contribution is 6.30. The molecule has 1 aliphatic heterocycles. The molecule has 5 nitrogen and oxygen atoms in total. The van der Waals surface area contributed by atoms with Crippen molar-refractivity contribution in [2.24, 2.45) is 0 Å². The summed E-state index contributed by atoms with van der Waals surface area (Å²) >= 11 is 5.94. The van der Waals surface area contributed by atoms with Crippen molar-refractivity contribution in [1.29, 1.82) is 0 Å². The smallest absolute Gasteiger partial charge is 0.340 e. The molecule has 0 atom stereocenters. The molecule has 0 saturated heterocycles. The van der Waals surface area contributed by atoms with Gasteiger partial charge in [-0.25, -0.2) is 9.18 Å². The van der Waals surface area contributed by atoms with E-state index in [9.17, 15) is 14.0 Å². The minimum absolute atomic E-state index is 0.248. The van der Waals surface area contributed by atoms with Crippen LogP contribution in [-0.2, 0) is 11.2 Å². The van der Waals surface area contributed by atoms with Gasteiger partial charge in [0.25, 0.3) is 5.91 Å². The molecule has 1 N–H and O–H groups in total. The summed E-state index contributed by atoms with van der Waals surface area (Å²) in [4.78, 5) is 29.6. The summed E-state index contributed by atoms with van der Waals surface area (Å²) in [6.45, 7) is 5.76. The maximum atomic E-state index is 14.5. The normalized spacial score (nSPS) is 13.5. The number of nitrogens with one attached hydrogen (secondary N) is 1. The number of rotatable bonds is 3. The van der Waals surface area contributed by atoms with Gasteiger partial charge in [-0.05, 0) is 56.9 Å². The molecular formula is C19H20ClFN2O3. The molecule has 1 aliphatic rings. The van der Waals surface area contributed by atoms with Crippen LogP contribution in [0.5, 0.6) is 0 Å². The molecule has 0 unspecified atom stereocenters. The first-order chi connectivity index (χ1) is 12.3. The van der Waals surface area contributed by atoms with Crippen LogP contribution in [0.3, 0.4) is 0 Å². The SMILES string of the molecule is CCOC(=O)c1c(C)[nH]c(C(=O)N2CCCc3cc(Cl)cc(F)c32)c1C. The molecule has 138 valence electrons. The van der Waals surface area contributed by atoms with Crippen LogP contribution in [0, 0.1) is 19.7 Å². The van der Waals surface area contributed by atoms with E-state index >= 15 is 0 Å². The third-order valence-electron chi connectivity index (χ3n) is 4.58. The maximum Gasteiger partial charge on any atom is 0.340 e. The number of carbonyl (C=O) groups excluding carboxylic acids is 2. The van der Waals surface area contributed by atoms with E-state index in [4.69, 9.17) is 16.3 Å². The second kappa shape index (κ2) is 7.11. The van der Waals surface area contributed by atoms with Gasteiger partial charge in [-0.3, -0.25) is 4.79 Å². The number of halogens is 2. The van der Waals surface area contributed by atoms with Crippen molar-refractivity contribution >= 4 is 29.2 Å². The minimum Gasteiger partial charge on any atom is -0.462 e. The standard InChI is InChI=1S/C19H20ClFN2O3/c1-4-26-19(25)15-10(2)16(22-11(15)3)18(24)23-7-5-6-12-8-13(20)9-14(21)17(12)23/h8-9,22H,4-7H2,1-3H3. The number of carbonyl (C=O) groups is 2. The zero-order valence-electron chi connectivity index (χ0n) is 14.9. The molecule has 1 amide bonds. The Morgan fingerprint density at radius 3 is 2.77 bits per heavy atom. The van der Waals surface area contributed by atoms with Crippen molar-refractivity contribution in [3.8, 4) is 0 Å². The molecule has 1 aromatic heterocycles. The lowest BCUT2D eigenvalue weighted by molar-refractivity contribution is 0.0525. The molecule has 2 aromatic rings. The number of aromatic amines is 1. The number of nitrogens with zero attached hydrogens (tertiary/aromatic N) is 1. The van der Waals surface area contributed by atoms with E-state index < -0.39 is 11.8 Å². The van der Waals surface area contributed by atoms with Crippen LogP contribution in [0.1, 0.15) is 51.0 Å². The van der Waals surface area contributed by atoms with E-state index in [1.54, 1.807) is 26.8 Å². The highest BCUT2D eigenvalue weighted by Gasteiger charge is 2.31. The Morgan fingerprint density at radius 2 is 2.08 bits per heavy atom. The predicted octanol–water partition coefficient (Wildman–Crippen LogP) is 4.19. The Kier molecular flexibility index (Phi) is 5.05. The van der Waals surface area contributed by atoms with E-state index in [1.165, 1.54) is 11.0 Å². The number of hydrogen-bond acceptors (Lipinski definition) is 3. The van der Waals surface area contributed by atoms with Crippen LogP contribution in [0.15, 0.2) is 12.1 Å². The second-order valence-electron chi connectivity index (χ2n) is 6.30. The zero-order chi connectivity index (χ0) is 19.0. The van der Waals surface area contributed by atoms with Gasteiger partial charge in [0.05, 0.1) is 17.9 Å². The molecule has 0 spiro atoms. The zero-order valence-corrected chi connectivity index (χ0v) is 15.7. The summed E-state index contributed by atoms with van der Waals surface area (Å²) < 4.78 is 19.6. The van der Waals surface area contributed by atoms with E-state index in [0.717, 1.165) is 0 Å². The molecule has 26 heavy (non-hydrogen) atoms. The highest BCUT2D eigenvalue weighted by Crippen LogP contribution is 2.34. The van der Waals surface area contributed by atoms with Crippen molar-refractivity contribution in [2.75, 3.05) is 18.1 Å². The summed E-state index contributed by atoms with van der Waals surface area (Å²) in [5.41, 5.74) is 2.65. The summed E-state index contributed by atoms with van der Waals surface area (Å²) in [6.07, 6.45) is 1.37. The highest BCUT2D eigenvalue weighted by atomic mass is 35.5. The second-order valence-corrected chi connectivity index (χ2v) is 6.74. The first-order valence-corrected chi connectivity index (χ1v) is 8.89. The third-order valence-corrected chi connectivity index (χ3v) is 4.80. The van der Waals surface area contributed by atoms with Crippen molar-refractivity contribution < 1.29 is 18.7 Å². The van der Waals surface area contributed by atoms with Crippen LogP contribution < -0.4 is 4.90 Å². The number of ether oxygens (including phenoxy) is 1. The number of esters is 1. The largest absolute Gasteiger partial charge is 0.462 e. The van der Waals surface area contributed by atoms with E-state index in [2.05, 4.69) is 4.98 Å². The Morgan fingerprint density at radius 1 is 1.35 bits per heavy atom. The van der Waals surface area contributed by atoms with Crippen LogP contribution >= 0.6 is 11.6 Å². The lowest BCUT2D eigenvalue weighted by Crippen LogP contribution is -2.37. The van der Waals surface area contributed by atoms with Crippen molar-refractivity contribution in [3.63, 3.8) is 0 Å². The fourth-order valence-corrected chi connectivity index (χ4v) is 3.69. The lowest BCUT2D eigenvalue weighted by Gasteiger charge is -2.30. The number of H-pyrrole nitrogens is 1. The molecule has 0 bridgehead atoms. The van der Waals surface area contributed by atoms with Gasteiger partial charge >= 0.3 is 5.97 Å². The number of aryl methyl sites for hydroxylation is 2. The number of amides is 1. The Hall–Kier alpha value is -2.34. The van der Waals surface area contributed by atoms with Crippen LogP contribution in [0.25, 0.3) is 0 Å². The Bertz CT molecular complexity index is 891. The molecule has 0 radical (unpaired) electrons. The lowest BCUT2D eigenvalue weighted by atomic mass is 10.0. The maximum absolute atomic E-state index is 14.5. The topological polar surface area (TPSA) is 62.4 Å². The molecular weight excluding hydrogens is 359 g/mol. The van der Waals surface area contributed by atoms with Gasteiger partial charge < -0.3 is 14.6 Å². The molecule has 7 heteroatoms. The molecule has 3 rings (SSSR count). The number of hydrogen-bond donors (Lipinski definition) is 1. The molecule has 1 aromatic carbocycles. The number of fused-ring (bicyclic) bond motifs is 1. The van der Waals surface area contributed by atoms with Gasteiger partial charge in [0.15, 0.2) is 0 Å². The van der Waals surface area contributed by atoms with Gasteiger partial charge in [0.1, 0.15) is 11.5 Å². The van der Waals surface area contributed by atoms with Gasteiger partial charge in [0, 0.05) is 17.3 Å². The summed E-state index contributed by atoms with van der Waals surface area (Å²) in [5, 5.41) is 0.312. The monoisotopic (exact) mass is 378 g/mol. The fourth-order valence-electron chi connectivity index (χ4n) is 3.46. The van der Waals surface area contributed by atoms with Crippen LogP contribution in [-0.4, -0.2) is 30.0 Å². The van der Waals surface area contributed by atoms with Crippen LogP contribution in [0.4, 0.5) is 10.1 Å². The predicted molar refractivity (Wildman–Crippen MR) is 97.6 cm³/mol. The van der Waals surface area contributed by atoms with Crippen LogP contribution in [0.2, 0.25) is 5.02 Å². The molecule has 0 saturated carbocycles. The molecule has 0 aliphatic carbocycles. The van der Waals surface area contributed by atoms with Crippen molar-refractivity contribution in [3.05, 3.63) is 51.1 Å². The first-order valence-electron chi connectivity index (χ1n) is 8.51. The average molecular weight is 379 g/mol. The van der Waals surface area contributed by atoms with E-state index in [1.807, 2.05) is 0 Å². The number of anilines is 1. The van der Waals surface area contributed by atoms with Crippen molar-refractivity contribution in [2.45, 2.75) is 33.6 Å². The summed E-state index contributed by atoms with van der Waals surface area (Å²) in [7, 11) is 0. The first kappa shape index (κ1) is 18.5. The summed E-state index contributed by atoms with van der Waals surface area (Å²) in [6, 6.07) is 2.90. The van der Waals surface area contributed by atoms with Gasteiger partial charge in [-0.2, -0.15) is 0 Å². The number of aromatic nitrogens is 1. The Labute approximate surface area is 156 Å². The Balaban J connectivity index is 2.03. The fraction of sp³-hybridized carbons (Fsp3) is 0.368. The van der Waals surface area contributed by atoms with Crippen molar-refractivity contribution in [1.82, 2.24) is 4.98 Å². The average Bonchev–Trinajstić information content (AvgIpc) is 2.88. The van der Waals surface area contributed by atoms with Gasteiger partial charge in [-0.15, -0.1) is 0 Å². The summed E-state index contributed by atoms with van der Waals surface area (Å²) in [5.74, 6) is -1.37. The van der Waals surface area contributed by atoms with Gasteiger partial charge in [-0.1, -0.05) is 11.6 Å². The third kappa shape index (κ3) is 3.09. The molecule has 2 heterocycles. The molecule has 0 fully saturated rings. The quantitative estimate of drug-likeness (QED) is 0.814. The van der Waals surface area contributed by atoms with E-state index in [-0.39, 0.29) is 23.9 Å². The van der Waals surface area contributed by atoms with E-state index in [0.29, 0.717) is 46.8 Å².